The highest BCUT2D eigenvalue weighted by Gasteiger charge is 2.53. The van der Waals surface area contributed by atoms with Gasteiger partial charge in [-0.3, -0.25) is 10.1 Å². The smallest absolute Gasteiger partial charge is 0.324 e. The molecule has 17 heteroatoms. The summed E-state index contributed by atoms with van der Waals surface area (Å²) in [5.74, 6) is -3.07. The lowest BCUT2D eigenvalue weighted by Gasteiger charge is -2.48. The third kappa shape index (κ3) is 11.2. The van der Waals surface area contributed by atoms with E-state index in [1.165, 1.54) is 25.2 Å². The van der Waals surface area contributed by atoms with E-state index in [1.54, 1.807) is 60.6 Å². The van der Waals surface area contributed by atoms with Crippen LogP contribution >= 0.6 is 0 Å². The number of nitrogens with one attached hydrogen (secondary N) is 1. The van der Waals surface area contributed by atoms with Crippen molar-refractivity contribution in [2.75, 3.05) is 33.1 Å². The number of urea groups is 1. The number of cyclic esters (lactones) is 1. The number of methoxy groups -OCH3 is 1. The summed E-state index contributed by atoms with van der Waals surface area (Å²) in [5, 5.41) is 61.9. The van der Waals surface area contributed by atoms with Gasteiger partial charge in [-0.25, -0.2) is 4.79 Å². The van der Waals surface area contributed by atoms with Gasteiger partial charge in [-0.1, -0.05) is 20.8 Å². The van der Waals surface area contributed by atoms with E-state index in [0.29, 0.717) is 6.42 Å². The molecule has 0 radical (unpaired) electrons. The summed E-state index contributed by atoms with van der Waals surface area (Å²) < 4.78 is 43.0. The minimum atomic E-state index is -2.05. The normalized spacial score (nSPS) is 44.7. The average Bonchev–Trinajstić information content (AvgIpc) is 3.68. The standard InChI is InChI=1S/C42H73N3O14/c1-14-29-42(10,52)34(47)26(6)45(39(50)43-30-16-15-17-54-30)21-22(2)19-40(8,51)36(59-38-32(46)28(44(11)12)18-23(3)55-38)24(4)33(25(5)37(49)57-29)58-31-20-41(9,53-13)35(48)27(7)56-31/h15-17,22-29,31-36,38,46-48,51-52H,14,18-21H2,1-13H3,(H,43,50)/t22-,23-,24+,25-,26-,27-,28-,29-,31-,32-,33+,34-,35-,36-,38+,40-,41+,42-/m1/s1. The number of hydrogen-bond acceptors (Lipinski definition) is 15. The molecule has 18 atom stereocenters. The average molecular weight is 844 g/mol. The molecule has 340 valence electrons. The molecule has 0 spiro atoms. The van der Waals surface area contributed by atoms with Gasteiger partial charge in [0.2, 0.25) is 5.88 Å². The number of ether oxygens (including phenoxy) is 6. The van der Waals surface area contributed by atoms with Gasteiger partial charge in [0.25, 0.3) is 0 Å². The zero-order valence-corrected chi connectivity index (χ0v) is 37.2. The van der Waals surface area contributed by atoms with Gasteiger partial charge < -0.3 is 68.2 Å². The molecule has 6 N–H and O–H groups in total. The third-order valence-electron chi connectivity index (χ3n) is 12.9. The minimum absolute atomic E-state index is 0.00918. The molecular weight excluding hydrogens is 770 g/mol. The Morgan fingerprint density at radius 3 is 2.24 bits per heavy atom. The second-order valence-corrected chi connectivity index (χ2v) is 18.3. The molecule has 3 fully saturated rings. The molecule has 2 amide bonds. The molecule has 17 nitrogen and oxygen atoms in total. The fourth-order valence-electron chi connectivity index (χ4n) is 9.30. The van der Waals surface area contributed by atoms with Gasteiger partial charge in [-0.2, -0.15) is 0 Å². The van der Waals surface area contributed by atoms with Crippen LogP contribution in [0.3, 0.4) is 0 Å². The van der Waals surface area contributed by atoms with Gasteiger partial charge in [-0.05, 0) is 93.8 Å². The first-order valence-corrected chi connectivity index (χ1v) is 21.0. The van der Waals surface area contributed by atoms with Gasteiger partial charge in [-0.15, -0.1) is 0 Å². The summed E-state index contributed by atoms with van der Waals surface area (Å²) in [7, 11) is 5.19. The molecule has 3 aliphatic rings. The number of nitrogens with zero attached hydrogens (tertiary/aromatic N) is 2. The molecular formula is C42H73N3O14. The van der Waals surface area contributed by atoms with Crippen LogP contribution in [0.15, 0.2) is 22.8 Å². The Balaban J connectivity index is 1.86. The van der Waals surface area contributed by atoms with Crippen molar-refractivity contribution in [3.05, 3.63) is 18.4 Å². The number of carbonyl (C=O) groups is 2. The van der Waals surface area contributed by atoms with E-state index < -0.39 is 108 Å². The first kappa shape index (κ1) is 49.2. The fraction of sp³-hybridized carbons (Fsp3) is 0.857. The summed E-state index contributed by atoms with van der Waals surface area (Å²) in [4.78, 5) is 31.6. The summed E-state index contributed by atoms with van der Waals surface area (Å²) >= 11 is 0. The largest absolute Gasteiger partial charge is 0.459 e. The number of likely N-dealkylation sites (N-methyl/N-ethyl adjacent to an activating group) is 1. The maximum atomic E-state index is 14.4. The SMILES string of the molecule is CC[C@H]1OC(=O)[C@H](C)[C@@H](O[C@@H]2C[C@](C)(OC)[C@H](O)[C@@H](C)O2)[C@H](C)[C@@H](O[C@@H]2O[C@H](C)C[C@@H](N(C)C)[C@H]2O)[C@](C)(O)C[C@@H](C)CN(C(=O)Nc2ccco2)[C@H](C)[C@@H](O)[C@]1(C)O. The number of anilines is 1. The molecule has 4 rings (SSSR count). The molecule has 4 heterocycles. The van der Waals surface area contributed by atoms with Gasteiger partial charge in [0.1, 0.15) is 30.0 Å². The van der Waals surface area contributed by atoms with E-state index in [2.05, 4.69) is 5.32 Å². The first-order valence-electron chi connectivity index (χ1n) is 21.0. The number of amides is 2. The maximum Gasteiger partial charge on any atom is 0.324 e. The van der Waals surface area contributed by atoms with E-state index in [-0.39, 0.29) is 43.8 Å². The molecule has 1 aromatic rings. The van der Waals surface area contributed by atoms with Crippen molar-refractivity contribution in [2.24, 2.45) is 17.8 Å². The molecule has 3 aliphatic heterocycles. The molecule has 0 saturated carbocycles. The van der Waals surface area contributed by atoms with Crippen LogP contribution in [0.5, 0.6) is 0 Å². The Hall–Kier alpha value is -2.42. The monoisotopic (exact) mass is 844 g/mol. The van der Waals surface area contributed by atoms with Crippen LogP contribution in [0, 0.1) is 17.8 Å². The van der Waals surface area contributed by atoms with Gasteiger partial charge in [0.15, 0.2) is 12.6 Å². The second-order valence-electron chi connectivity index (χ2n) is 18.3. The van der Waals surface area contributed by atoms with Gasteiger partial charge in [0.05, 0.1) is 53.8 Å². The van der Waals surface area contributed by atoms with Gasteiger partial charge in [0, 0.05) is 38.1 Å². The summed E-state index contributed by atoms with van der Waals surface area (Å²) in [6.07, 6.45) is -8.41. The highest BCUT2D eigenvalue weighted by molar-refractivity contribution is 5.88. The predicted molar refractivity (Wildman–Crippen MR) is 216 cm³/mol. The lowest BCUT2D eigenvalue weighted by molar-refractivity contribution is -0.318. The zero-order chi connectivity index (χ0) is 44.4. The topological polar surface area (TPSA) is 222 Å². The summed E-state index contributed by atoms with van der Waals surface area (Å²) in [6, 6.07) is 1.15. The Morgan fingerprint density at radius 2 is 1.66 bits per heavy atom. The van der Waals surface area contributed by atoms with Crippen molar-refractivity contribution in [3.8, 4) is 0 Å². The van der Waals surface area contributed by atoms with Crippen molar-refractivity contribution >= 4 is 17.9 Å². The van der Waals surface area contributed by atoms with Crippen molar-refractivity contribution in [1.82, 2.24) is 9.80 Å². The van der Waals surface area contributed by atoms with Crippen LogP contribution in [0.4, 0.5) is 10.7 Å². The van der Waals surface area contributed by atoms with Crippen molar-refractivity contribution < 1.29 is 68.0 Å². The highest BCUT2D eigenvalue weighted by Crippen LogP contribution is 2.40. The van der Waals surface area contributed by atoms with Gasteiger partial charge >= 0.3 is 12.0 Å². The Kier molecular flexibility index (Phi) is 16.5. The number of rotatable bonds is 8. The van der Waals surface area contributed by atoms with E-state index >= 15 is 0 Å². The molecule has 1 aromatic heterocycles. The second kappa shape index (κ2) is 19.7. The van der Waals surface area contributed by atoms with Crippen LogP contribution in [0.2, 0.25) is 0 Å². The fourth-order valence-corrected chi connectivity index (χ4v) is 9.30. The molecule has 0 aliphatic carbocycles. The van der Waals surface area contributed by atoms with Crippen LogP contribution in [0.1, 0.15) is 94.9 Å². The van der Waals surface area contributed by atoms with Crippen LogP contribution in [-0.2, 0) is 33.2 Å². The summed E-state index contributed by atoms with van der Waals surface area (Å²) in [5.41, 5.74) is -4.87. The number of aliphatic hydroxyl groups is 5. The molecule has 0 unspecified atom stereocenters. The molecule has 3 saturated heterocycles. The lowest BCUT2D eigenvalue weighted by atomic mass is 9.77. The summed E-state index contributed by atoms with van der Waals surface area (Å²) in [6.45, 7) is 16.7. The van der Waals surface area contributed by atoms with Crippen LogP contribution in [0.25, 0.3) is 0 Å². The van der Waals surface area contributed by atoms with E-state index in [9.17, 15) is 35.1 Å². The first-order chi connectivity index (χ1) is 27.4. The Labute approximate surface area is 349 Å². The predicted octanol–water partition coefficient (Wildman–Crippen LogP) is 3.10. The zero-order valence-electron chi connectivity index (χ0n) is 37.2. The molecule has 59 heavy (non-hydrogen) atoms. The van der Waals surface area contributed by atoms with E-state index in [1.807, 2.05) is 32.8 Å². The highest BCUT2D eigenvalue weighted by atomic mass is 16.7. The van der Waals surface area contributed by atoms with Crippen LogP contribution in [-0.4, -0.2) is 165 Å². The number of carbonyl (C=O) groups excluding carboxylic acids is 2. The quantitative estimate of drug-likeness (QED) is 0.207. The Bertz CT molecular complexity index is 1500. The maximum absolute atomic E-state index is 14.4. The van der Waals surface area contributed by atoms with E-state index in [4.69, 9.17) is 32.8 Å². The lowest BCUT2D eigenvalue weighted by Crippen LogP contribution is -2.61. The van der Waals surface area contributed by atoms with Crippen molar-refractivity contribution in [1.29, 1.82) is 0 Å². The van der Waals surface area contributed by atoms with Crippen molar-refractivity contribution in [3.63, 3.8) is 0 Å². The Morgan fingerprint density at radius 1 is 1.00 bits per heavy atom. The van der Waals surface area contributed by atoms with Crippen LogP contribution < -0.4 is 5.32 Å². The number of furan rings is 1. The molecule has 0 bridgehead atoms. The number of hydrogen-bond donors (Lipinski definition) is 6. The third-order valence-corrected chi connectivity index (χ3v) is 12.9. The van der Waals surface area contributed by atoms with Crippen molar-refractivity contribution in [2.45, 2.75) is 185 Å². The minimum Gasteiger partial charge on any atom is -0.459 e. The number of esters is 1. The van der Waals surface area contributed by atoms with E-state index in [0.717, 1.165) is 0 Å². The molecule has 0 aromatic carbocycles. The number of aliphatic hydroxyl groups excluding tert-OH is 3.